The Hall–Kier alpha value is -3.33. The number of nitrogens with one attached hydrogen (secondary N) is 1. The lowest BCUT2D eigenvalue weighted by molar-refractivity contribution is -0.137. The van der Waals surface area contributed by atoms with Crippen LogP contribution in [0.3, 0.4) is 0 Å². The first kappa shape index (κ1) is 25.8. The molecule has 1 atom stereocenters. The normalized spacial score (nSPS) is 14.6. The van der Waals surface area contributed by atoms with Crippen molar-refractivity contribution in [3.05, 3.63) is 95.1 Å². The van der Waals surface area contributed by atoms with Crippen molar-refractivity contribution >= 4 is 21.6 Å². The molecule has 3 aromatic carbocycles. The number of benzene rings is 3. The third-order valence-electron chi connectivity index (χ3n) is 6.33. The predicted molar refractivity (Wildman–Crippen MR) is 132 cm³/mol. The number of hydrogen-bond donors (Lipinski definition) is 1. The van der Waals surface area contributed by atoms with E-state index in [0.29, 0.717) is 4.31 Å². The second-order valence-corrected chi connectivity index (χ2v) is 10.8. The molecule has 1 amide bonds. The summed E-state index contributed by atoms with van der Waals surface area (Å²) in [7, 11) is -4.32. The molecule has 0 heterocycles. The highest BCUT2D eigenvalue weighted by Gasteiger charge is 2.33. The minimum Gasteiger partial charge on any atom is -0.348 e. The summed E-state index contributed by atoms with van der Waals surface area (Å²) in [5.74, 6) is -0.628. The van der Waals surface area contributed by atoms with Crippen LogP contribution in [0.2, 0.25) is 0 Å². The summed E-state index contributed by atoms with van der Waals surface area (Å²) in [6, 6.07) is 16.9. The Labute approximate surface area is 209 Å². The lowest BCUT2D eigenvalue weighted by Gasteiger charge is -2.26. The number of nitrogens with zero attached hydrogens (tertiary/aromatic N) is 1. The first-order valence-corrected chi connectivity index (χ1v) is 13.2. The van der Waals surface area contributed by atoms with Gasteiger partial charge in [-0.1, -0.05) is 42.5 Å². The topological polar surface area (TPSA) is 66.5 Å². The molecule has 0 radical (unpaired) electrons. The van der Waals surface area contributed by atoms with Gasteiger partial charge in [0.1, 0.15) is 6.54 Å². The van der Waals surface area contributed by atoms with Gasteiger partial charge in [0, 0.05) is 0 Å². The highest BCUT2D eigenvalue weighted by Crippen LogP contribution is 2.33. The second-order valence-electron chi connectivity index (χ2n) is 8.90. The zero-order valence-electron chi connectivity index (χ0n) is 19.8. The Bertz CT molecular complexity index is 1340. The molecule has 9 heteroatoms. The molecule has 0 aliphatic heterocycles. The molecule has 0 saturated carbocycles. The van der Waals surface area contributed by atoms with Gasteiger partial charge >= 0.3 is 6.18 Å². The Morgan fingerprint density at radius 2 is 1.64 bits per heavy atom. The standard InChI is InChI=1S/C27H27F3N2O3S/c1-19(21-15-14-20-8-5-6-9-22(20)16-21)31-26(33)18-32(36(34,35)25-12-3-2-4-13-25)24-11-7-10-23(17-24)27(28,29)30/h2-4,7,10-17,19H,5-6,8-9,18H2,1H3,(H,31,33). The van der Waals surface area contributed by atoms with Crippen molar-refractivity contribution in [3.63, 3.8) is 0 Å². The molecule has 3 aromatic rings. The Morgan fingerprint density at radius 3 is 2.33 bits per heavy atom. The van der Waals surface area contributed by atoms with Crippen LogP contribution in [0.5, 0.6) is 0 Å². The van der Waals surface area contributed by atoms with E-state index in [-0.39, 0.29) is 10.6 Å². The monoisotopic (exact) mass is 516 g/mol. The summed E-state index contributed by atoms with van der Waals surface area (Å²) in [4.78, 5) is 12.9. The summed E-state index contributed by atoms with van der Waals surface area (Å²) in [5, 5.41) is 2.80. The van der Waals surface area contributed by atoms with Crippen LogP contribution in [-0.4, -0.2) is 20.9 Å². The SMILES string of the molecule is CC(NC(=O)CN(c1cccc(C(F)(F)F)c1)S(=O)(=O)c1ccccc1)c1ccc2c(c1)CCCC2. The fourth-order valence-corrected chi connectivity index (χ4v) is 5.83. The lowest BCUT2D eigenvalue weighted by atomic mass is 9.89. The smallest absolute Gasteiger partial charge is 0.348 e. The van der Waals surface area contributed by atoms with Gasteiger partial charge in [-0.2, -0.15) is 13.2 Å². The van der Waals surface area contributed by atoms with Gasteiger partial charge in [-0.3, -0.25) is 9.10 Å². The minimum absolute atomic E-state index is 0.127. The number of rotatable bonds is 7. The summed E-state index contributed by atoms with van der Waals surface area (Å²) >= 11 is 0. The van der Waals surface area contributed by atoms with Crippen LogP contribution in [0.15, 0.2) is 77.7 Å². The Morgan fingerprint density at radius 1 is 0.944 bits per heavy atom. The zero-order valence-corrected chi connectivity index (χ0v) is 20.6. The van der Waals surface area contributed by atoms with Gasteiger partial charge in [-0.25, -0.2) is 8.42 Å². The van der Waals surface area contributed by atoms with E-state index in [2.05, 4.69) is 17.4 Å². The van der Waals surface area contributed by atoms with Crippen LogP contribution in [0.1, 0.15) is 48.1 Å². The number of fused-ring (bicyclic) bond motifs is 1. The average molecular weight is 517 g/mol. The van der Waals surface area contributed by atoms with Gasteiger partial charge < -0.3 is 5.32 Å². The van der Waals surface area contributed by atoms with Gasteiger partial charge in [0.05, 0.1) is 22.2 Å². The fraction of sp³-hybridized carbons (Fsp3) is 0.296. The predicted octanol–water partition coefficient (Wildman–Crippen LogP) is 5.66. The van der Waals surface area contributed by atoms with Crippen molar-refractivity contribution in [2.45, 2.75) is 49.7 Å². The molecule has 0 aromatic heterocycles. The summed E-state index contributed by atoms with van der Waals surface area (Å²) in [6.07, 6.45) is -0.399. The van der Waals surface area contributed by atoms with Crippen molar-refractivity contribution in [3.8, 4) is 0 Å². The van der Waals surface area contributed by atoms with Crippen molar-refractivity contribution < 1.29 is 26.4 Å². The van der Waals surface area contributed by atoms with Gasteiger partial charge in [-0.05, 0) is 79.6 Å². The van der Waals surface area contributed by atoms with Gasteiger partial charge in [0.2, 0.25) is 5.91 Å². The number of aryl methyl sites for hydroxylation is 2. The number of hydrogen-bond acceptors (Lipinski definition) is 3. The first-order valence-electron chi connectivity index (χ1n) is 11.7. The van der Waals surface area contributed by atoms with Crippen LogP contribution < -0.4 is 9.62 Å². The molecule has 1 N–H and O–H groups in total. The van der Waals surface area contributed by atoms with Crippen molar-refractivity contribution in [2.24, 2.45) is 0 Å². The number of carbonyl (C=O) groups excluding carboxylic acids is 1. The number of amides is 1. The lowest BCUT2D eigenvalue weighted by Crippen LogP contribution is -2.41. The largest absolute Gasteiger partial charge is 0.416 e. The van der Waals surface area contributed by atoms with Gasteiger partial charge in [0.15, 0.2) is 0 Å². The molecule has 1 aliphatic rings. The summed E-state index contributed by atoms with van der Waals surface area (Å²) in [6.45, 7) is 1.12. The van der Waals surface area contributed by atoms with E-state index in [9.17, 15) is 26.4 Å². The van der Waals surface area contributed by atoms with Crippen LogP contribution in [0.4, 0.5) is 18.9 Å². The molecule has 0 saturated heterocycles. The van der Waals surface area contributed by atoms with E-state index >= 15 is 0 Å². The Balaban J connectivity index is 1.61. The van der Waals surface area contributed by atoms with E-state index in [1.165, 1.54) is 41.5 Å². The van der Waals surface area contributed by atoms with E-state index in [1.54, 1.807) is 13.0 Å². The van der Waals surface area contributed by atoms with E-state index in [4.69, 9.17) is 0 Å². The highest BCUT2D eigenvalue weighted by atomic mass is 32.2. The molecule has 1 unspecified atom stereocenters. The fourth-order valence-electron chi connectivity index (χ4n) is 4.40. The third-order valence-corrected chi connectivity index (χ3v) is 8.12. The van der Waals surface area contributed by atoms with E-state index in [0.717, 1.165) is 49.4 Å². The van der Waals surface area contributed by atoms with Crippen LogP contribution in [0, 0.1) is 0 Å². The van der Waals surface area contributed by atoms with Crippen molar-refractivity contribution in [1.82, 2.24) is 5.32 Å². The molecule has 0 spiro atoms. The maximum atomic E-state index is 13.4. The molecule has 36 heavy (non-hydrogen) atoms. The van der Waals surface area contributed by atoms with Gasteiger partial charge in [0.25, 0.3) is 10.0 Å². The molecule has 0 fully saturated rings. The molecule has 0 bridgehead atoms. The zero-order chi connectivity index (χ0) is 25.9. The summed E-state index contributed by atoms with van der Waals surface area (Å²) < 4.78 is 67.6. The van der Waals surface area contributed by atoms with Crippen LogP contribution in [0.25, 0.3) is 0 Å². The first-order chi connectivity index (χ1) is 17.1. The maximum Gasteiger partial charge on any atom is 0.416 e. The third kappa shape index (κ3) is 5.73. The molecule has 1 aliphatic carbocycles. The molecule has 5 nitrogen and oxygen atoms in total. The molecular formula is C27H27F3N2O3S. The van der Waals surface area contributed by atoms with Gasteiger partial charge in [-0.15, -0.1) is 0 Å². The van der Waals surface area contributed by atoms with Crippen molar-refractivity contribution in [2.75, 3.05) is 10.8 Å². The minimum atomic E-state index is -4.67. The molecule has 190 valence electrons. The average Bonchev–Trinajstić information content (AvgIpc) is 2.87. The summed E-state index contributed by atoms with van der Waals surface area (Å²) in [5.41, 5.74) is 2.19. The van der Waals surface area contributed by atoms with E-state index in [1.807, 2.05) is 6.07 Å². The highest BCUT2D eigenvalue weighted by molar-refractivity contribution is 7.92. The number of anilines is 1. The van der Waals surface area contributed by atoms with Crippen LogP contribution >= 0.6 is 0 Å². The number of sulfonamides is 1. The second kappa shape index (κ2) is 10.3. The van der Waals surface area contributed by atoms with Crippen LogP contribution in [-0.2, 0) is 33.8 Å². The van der Waals surface area contributed by atoms with Crippen molar-refractivity contribution in [1.29, 1.82) is 0 Å². The number of halogens is 3. The number of alkyl halides is 3. The molecule has 4 rings (SSSR count). The quantitative estimate of drug-likeness (QED) is 0.441. The Kier molecular flexibility index (Phi) is 7.40. The molecular weight excluding hydrogens is 489 g/mol. The maximum absolute atomic E-state index is 13.4. The number of carbonyl (C=O) groups is 1. The van der Waals surface area contributed by atoms with E-state index < -0.39 is 40.3 Å².